The summed E-state index contributed by atoms with van der Waals surface area (Å²) < 4.78 is 27.3. The molecule has 0 aliphatic heterocycles. The van der Waals surface area contributed by atoms with Gasteiger partial charge in [-0.25, -0.2) is 13.1 Å². The van der Waals surface area contributed by atoms with Crippen LogP contribution in [0.5, 0.6) is 0 Å². The van der Waals surface area contributed by atoms with E-state index in [0.29, 0.717) is 24.0 Å². The molecular weight excluding hydrogens is 322 g/mol. The average molecular weight is 354 g/mol. The highest BCUT2D eigenvalue weighted by Crippen LogP contribution is 2.17. The predicted molar refractivity (Wildman–Crippen MR) is 98.5 cm³/mol. The van der Waals surface area contributed by atoms with E-state index >= 15 is 0 Å². The molecule has 1 aliphatic carbocycles. The number of nitrogens with one attached hydrogen (secondary N) is 2. The zero-order valence-electron chi connectivity index (χ0n) is 14.9. The normalized spacial score (nSPS) is 17.1. The summed E-state index contributed by atoms with van der Waals surface area (Å²) >= 11 is 0. The quantitative estimate of drug-likeness (QED) is 0.556. The van der Waals surface area contributed by atoms with Crippen LogP contribution in [0.4, 0.5) is 0 Å². The van der Waals surface area contributed by atoms with Gasteiger partial charge >= 0.3 is 0 Å². The Hall–Kier alpha value is -0.950. The second-order valence-corrected chi connectivity index (χ2v) is 8.69. The SMILES string of the molecule is CN(C)Cc1ccc(S(=O)(=O)NCCNC2CCCCCC2)cc1. The highest BCUT2D eigenvalue weighted by molar-refractivity contribution is 7.89. The highest BCUT2D eigenvalue weighted by Gasteiger charge is 2.14. The third-order valence-electron chi connectivity index (χ3n) is 4.44. The molecule has 6 heteroatoms. The van der Waals surface area contributed by atoms with E-state index in [4.69, 9.17) is 0 Å². The predicted octanol–water partition coefficient (Wildman–Crippen LogP) is 2.34. The summed E-state index contributed by atoms with van der Waals surface area (Å²) in [7, 11) is 0.568. The highest BCUT2D eigenvalue weighted by atomic mass is 32.2. The Morgan fingerprint density at radius 3 is 2.21 bits per heavy atom. The van der Waals surface area contributed by atoms with Crippen LogP contribution < -0.4 is 10.0 Å². The van der Waals surface area contributed by atoms with E-state index in [0.717, 1.165) is 12.1 Å². The summed E-state index contributed by atoms with van der Waals surface area (Å²) in [6.45, 7) is 1.92. The first-order valence-electron chi connectivity index (χ1n) is 8.94. The van der Waals surface area contributed by atoms with Crippen molar-refractivity contribution in [1.82, 2.24) is 14.9 Å². The Bertz CT molecular complexity index is 577. The van der Waals surface area contributed by atoms with Crippen molar-refractivity contribution in [1.29, 1.82) is 0 Å². The van der Waals surface area contributed by atoms with Gasteiger partial charge in [0.1, 0.15) is 0 Å². The van der Waals surface area contributed by atoms with E-state index < -0.39 is 10.0 Å². The van der Waals surface area contributed by atoms with E-state index in [-0.39, 0.29) is 0 Å². The summed E-state index contributed by atoms with van der Waals surface area (Å²) in [5.74, 6) is 0. The van der Waals surface area contributed by atoms with Crippen molar-refractivity contribution < 1.29 is 8.42 Å². The Balaban J connectivity index is 1.78. The zero-order chi connectivity index (χ0) is 17.4. The molecule has 0 atom stereocenters. The molecule has 1 saturated carbocycles. The zero-order valence-corrected chi connectivity index (χ0v) is 15.7. The molecule has 2 N–H and O–H groups in total. The van der Waals surface area contributed by atoms with Crippen molar-refractivity contribution in [3.05, 3.63) is 29.8 Å². The van der Waals surface area contributed by atoms with E-state index in [2.05, 4.69) is 14.9 Å². The molecule has 0 heterocycles. The number of hydrogen-bond acceptors (Lipinski definition) is 4. The van der Waals surface area contributed by atoms with Crippen LogP contribution in [-0.2, 0) is 16.6 Å². The fraction of sp³-hybridized carbons (Fsp3) is 0.667. The van der Waals surface area contributed by atoms with Gasteiger partial charge in [-0.15, -0.1) is 0 Å². The van der Waals surface area contributed by atoms with Crippen molar-refractivity contribution >= 4 is 10.0 Å². The molecular formula is C18H31N3O2S. The minimum Gasteiger partial charge on any atom is -0.313 e. The molecule has 2 rings (SSSR count). The summed E-state index contributed by atoms with van der Waals surface area (Å²) in [6.07, 6.45) is 7.63. The topological polar surface area (TPSA) is 61.4 Å². The van der Waals surface area contributed by atoms with Crippen LogP contribution in [-0.4, -0.2) is 46.5 Å². The van der Waals surface area contributed by atoms with E-state index in [9.17, 15) is 8.42 Å². The maximum atomic E-state index is 12.3. The lowest BCUT2D eigenvalue weighted by molar-refractivity contribution is 0.402. The van der Waals surface area contributed by atoms with Crippen LogP contribution >= 0.6 is 0 Å². The minimum absolute atomic E-state index is 0.333. The largest absolute Gasteiger partial charge is 0.313 e. The third-order valence-corrected chi connectivity index (χ3v) is 5.91. The van der Waals surface area contributed by atoms with Crippen LogP contribution in [0.15, 0.2) is 29.2 Å². The van der Waals surface area contributed by atoms with Gasteiger partial charge < -0.3 is 10.2 Å². The van der Waals surface area contributed by atoms with Gasteiger partial charge in [0.05, 0.1) is 4.90 Å². The van der Waals surface area contributed by atoms with Crippen molar-refractivity contribution in [2.75, 3.05) is 27.2 Å². The lowest BCUT2D eigenvalue weighted by Crippen LogP contribution is -2.36. The summed E-state index contributed by atoms with van der Waals surface area (Å²) in [5.41, 5.74) is 1.11. The molecule has 0 radical (unpaired) electrons. The van der Waals surface area contributed by atoms with E-state index in [1.807, 2.05) is 26.2 Å². The summed E-state index contributed by atoms with van der Waals surface area (Å²) in [6, 6.07) is 7.65. The van der Waals surface area contributed by atoms with Gasteiger partial charge in [-0.3, -0.25) is 0 Å². The first-order valence-corrected chi connectivity index (χ1v) is 10.4. The molecule has 0 spiro atoms. The molecule has 1 aliphatic rings. The Kier molecular flexibility index (Phi) is 7.68. The van der Waals surface area contributed by atoms with Crippen molar-refractivity contribution in [2.24, 2.45) is 0 Å². The number of benzene rings is 1. The van der Waals surface area contributed by atoms with Gasteiger partial charge in [0, 0.05) is 25.7 Å². The first kappa shape index (κ1) is 19.4. The third kappa shape index (κ3) is 6.51. The van der Waals surface area contributed by atoms with Crippen LogP contribution in [0.2, 0.25) is 0 Å². The van der Waals surface area contributed by atoms with Crippen molar-refractivity contribution in [3.8, 4) is 0 Å². The molecule has 0 bridgehead atoms. The number of sulfonamides is 1. The van der Waals surface area contributed by atoms with Gasteiger partial charge in [0.15, 0.2) is 0 Å². The minimum atomic E-state index is -3.42. The molecule has 0 aromatic heterocycles. The van der Waals surface area contributed by atoms with Crippen molar-refractivity contribution in [2.45, 2.75) is 56.0 Å². The fourth-order valence-electron chi connectivity index (χ4n) is 3.17. The molecule has 0 amide bonds. The first-order chi connectivity index (χ1) is 11.5. The molecule has 5 nitrogen and oxygen atoms in total. The molecule has 1 aromatic rings. The molecule has 0 saturated heterocycles. The van der Waals surface area contributed by atoms with Gasteiger partial charge in [-0.05, 0) is 44.6 Å². The molecule has 0 unspecified atom stereocenters. The van der Waals surface area contributed by atoms with Crippen LogP contribution in [0, 0.1) is 0 Å². The van der Waals surface area contributed by atoms with Gasteiger partial charge in [-0.1, -0.05) is 37.8 Å². The maximum Gasteiger partial charge on any atom is 0.240 e. The monoisotopic (exact) mass is 353 g/mol. The van der Waals surface area contributed by atoms with Gasteiger partial charge in [0.25, 0.3) is 0 Å². The molecule has 24 heavy (non-hydrogen) atoms. The second-order valence-electron chi connectivity index (χ2n) is 6.92. The van der Waals surface area contributed by atoms with Crippen LogP contribution in [0.1, 0.15) is 44.1 Å². The Labute approximate surface area is 146 Å². The summed E-state index contributed by atoms with van der Waals surface area (Å²) in [5, 5.41) is 3.48. The van der Waals surface area contributed by atoms with Crippen LogP contribution in [0.3, 0.4) is 0 Å². The van der Waals surface area contributed by atoms with Gasteiger partial charge in [-0.2, -0.15) is 0 Å². The Morgan fingerprint density at radius 2 is 1.62 bits per heavy atom. The average Bonchev–Trinajstić information content (AvgIpc) is 2.80. The van der Waals surface area contributed by atoms with E-state index in [1.54, 1.807) is 12.1 Å². The number of hydrogen-bond donors (Lipinski definition) is 2. The molecule has 136 valence electrons. The van der Waals surface area contributed by atoms with Crippen molar-refractivity contribution in [3.63, 3.8) is 0 Å². The lowest BCUT2D eigenvalue weighted by atomic mass is 10.1. The number of nitrogens with zero attached hydrogens (tertiary/aromatic N) is 1. The second kappa shape index (κ2) is 9.51. The smallest absolute Gasteiger partial charge is 0.240 e. The molecule has 1 fully saturated rings. The standard InChI is InChI=1S/C18H31N3O2S/c1-21(2)15-16-9-11-18(12-10-16)24(22,23)20-14-13-19-17-7-5-3-4-6-8-17/h9-12,17,19-20H,3-8,13-15H2,1-2H3. The number of rotatable bonds is 8. The molecule has 1 aromatic carbocycles. The van der Waals surface area contributed by atoms with Gasteiger partial charge in [0.2, 0.25) is 10.0 Å². The summed E-state index contributed by atoms with van der Waals surface area (Å²) in [4.78, 5) is 2.39. The van der Waals surface area contributed by atoms with E-state index in [1.165, 1.54) is 38.5 Å². The van der Waals surface area contributed by atoms with Crippen LogP contribution in [0.25, 0.3) is 0 Å². The maximum absolute atomic E-state index is 12.3. The fourth-order valence-corrected chi connectivity index (χ4v) is 4.20. The Morgan fingerprint density at radius 1 is 1.00 bits per heavy atom. The lowest BCUT2D eigenvalue weighted by Gasteiger charge is -2.16.